The van der Waals surface area contributed by atoms with E-state index in [9.17, 15) is 14.2 Å². The predicted octanol–water partition coefficient (Wildman–Crippen LogP) is 4.36. The number of carbonyl (C=O) groups is 2. The third kappa shape index (κ3) is 8.16. The van der Waals surface area contributed by atoms with E-state index in [-0.39, 0.29) is 11.2 Å². The van der Waals surface area contributed by atoms with E-state index in [4.69, 9.17) is 18.2 Å². The number of hydrogen-bond acceptors (Lipinski definition) is 7. The fourth-order valence-corrected chi connectivity index (χ4v) is 4.60. The van der Waals surface area contributed by atoms with Crippen LogP contribution in [0.3, 0.4) is 0 Å². The van der Waals surface area contributed by atoms with Crippen molar-refractivity contribution in [2.45, 2.75) is 57.5 Å². The van der Waals surface area contributed by atoms with Gasteiger partial charge in [-0.15, -0.1) is 0 Å². The van der Waals surface area contributed by atoms with Gasteiger partial charge in [0.05, 0.1) is 13.3 Å². The first-order valence-electron chi connectivity index (χ1n) is 10.1. The van der Waals surface area contributed by atoms with E-state index in [0.717, 1.165) is 0 Å². The molecule has 10 heteroatoms. The van der Waals surface area contributed by atoms with Gasteiger partial charge >= 0.3 is 13.6 Å². The summed E-state index contributed by atoms with van der Waals surface area (Å²) in [4.78, 5) is 24.8. The average Bonchev–Trinajstić information content (AvgIpc) is 2.71. The zero-order valence-corrected chi connectivity index (χ0v) is 21.7. The molecular formula is C21H36NO7PSi. The van der Waals surface area contributed by atoms with Crippen molar-refractivity contribution in [3.63, 3.8) is 0 Å². The molecule has 1 aromatic rings. The molecule has 1 atom stereocenters. The molecule has 1 rings (SSSR count). The first kappa shape index (κ1) is 27.5. The first-order chi connectivity index (χ1) is 14.3. The van der Waals surface area contributed by atoms with E-state index in [1.165, 1.54) is 21.3 Å². The summed E-state index contributed by atoms with van der Waals surface area (Å²) < 4.78 is 33.1. The van der Waals surface area contributed by atoms with Gasteiger partial charge in [-0.1, -0.05) is 32.9 Å². The number of hydrogen-bond donors (Lipinski definition) is 1. The van der Waals surface area contributed by atoms with Crippen LogP contribution in [-0.2, 0) is 33.7 Å². The SMILES string of the molecule is COC(=O)[C@H](CCO[Si](C)(C)C(C)(C)C)NC(=O)c1ccc(CP(=O)(OC)OC)cc1. The van der Waals surface area contributed by atoms with E-state index in [1.807, 2.05) is 0 Å². The molecule has 31 heavy (non-hydrogen) atoms. The van der Waals surface area contributed by atoms with Crippen molar-refractivity contribution in [1.29, 1.82) is 0 Å². The summed E-state index contributed by atoms with van der Waals surface area (Å²) in [6.07, 6.45) is 0.408. The van der Waals surface area contributed by atoms with E-state index in [1.54, 1.807) is 24.3 Å². The Kier molecular flexibility index (Phi) is 10.1. The molecule has 0 aliphatic rings. The molecule has 0 fully saturated rings. The van der Waals surface area contributed by atoms with Crippen LogP contribution in [0.4, 0.5) is 0 Å². The Morgan fingerprint density at radius 2 is 1.61 bits per heavy atom. The van der Waals surface area contributed by atoms with Crippen LogP contribution in [0.2, 0.25) is 18.1 Å². The molecule has 1 N–H and O–H groups in total. The number of carbonyl (C=O) groups excluding carboxylic acids is 2. The van der Waals surface area contributed by atoms with Gasteiger partial charge in [0.25, 0.3) is 5.91 Å². The number of esters is 1. The zero-order chi connectivity index (χ0) is 23.9. The van der Waals surface area contributed by atoms with Crippen LogP contribution in [0.15, 0.2) is 24.3 Å². The second-order valence-electron chi connectivity index (χ2n) is 8.78. The van der Waals surface area contributed by atoms with Crippen molar-refractivity contribution in [2.75, 3.05) is 27.9 Å². The van der Waals surface area contributed by atoms with Gasteiger partial charge in [0.1, 0.15) is 6.04 Å². The van der Waals surface area contributed by atoms with Gasteiger partial charge in [-0.2, -0.15) is 0 Å². The van der Waals surface area contributed by atoms with E-state index >= 15 is 0 Å². The molecular weight excluding hydrogens is 437 g/mol. The lowest BCUT2D eigenvalue weighted by atomic mass is 10.1. The molecule has 0 bridgehead atoms. The Bertz CT molecular complexity index is 782. The van der Waals surface area contributed by atoms with E-state index in [0.29, 0.717) is 24.2 Å². The Labute approximate surface area is 186 Å². The second-order valence-corrected chi connectivity index (χ2v) is 15.9. The van der Waals surface area contributed by atoms with Crippen LogP contribution in [-0.4, -0.2) is 54.2 Å². The van der Waals surface area contributed by atoms with Crippen molar-refractivity contribution in [3.8, 4) is 0 Å². The van der Waals surface area contributed by atoms with Crippen LogP contribution in [0.5, 0.6) is 0 Å². The lowest BCUT2D eigenvalue weighted by Crippen LogP contribution is -2.45. The minimum atomic E-state index is -3.19. The van der Waals surface area contributed by atoms with Gasteiger partial charge in [0.2, 0.25) is 0 Å². The maximum absolute atomic E-state index is 12.6. The largest absolute Gasteiger partial charge is 0.467 e. The maximum atomic E-state index is 12.6. The van der Waals surface area contributed by atoms with Crippen molar-refractivity contribution in [2.24, 2.45) is 0 Å². The quantitative estimate of drug-likeness (QED) is 0.290. The molecule has 1 amide bonds. The molecule has 0 aromatic heterocycles. The van der Waals surface area contributed by atoms with Crippen molar-refractivity contribution >= 4 is 27.8 Å². The minimum absolute atomic E-state index is 0.0500. The lowest BCUT2D eigenvalue weighted by Gasteiger charge is -2.36. The Balaban J connectivity index is 2.79. The molecule has 0 saturated carbocycles. The highest BCUT2D eigenvalue weighted by Crippen LogP contribution is 2.49. The molecule has 0 aliphatic heterocycles. The number of amides is 1. The summed E-state index contributed by atoms with van der Waals surface area (Å²) in [5, 5.41) is 2.77. The third-order valence-corrected chi connectivity index (χ3v) is 12.0. The van der Waals surface area contributed by atoms with Gasteiger partial charge in [0, 0.05) is 32.8 Å². The normalized spacial score (nSPS) is 13.5. The van der Waals surface area contributed by atoms with Crippen LogP contribution in [0.25, 0.3) is 0 Å². The first-order valence-corrected chi connectivity index (χ1v) is 14.7. The van der Waals surface area contributed by atoms with Crippen molar-refractivity contribution in [3.05, 3.63) is 35.4 Å². The van der Waals surface area contributed by atoms with Gasteiger partial charge in [0.15, 0.2) is 8.32 Å². The lowest BCUT2D eigenvalue weighted by molar-refractivity contribution is -0.143. The zero-order valence-electron chi connectivity index (χ0n) is 19.8. The van der Waals surface area contributed by atoms with Crippen LogP contribution in [0.1, 0.15) is 43.1 Å². The maximum Gasteiger partial charge on any atom is 0.334 e. The Morgan fingerprint density at radius 1 is 1.06 bits per heavy atom. The average molecular weight is 474 g/mol. The highest BCUT2D eigenvalue weighted by molar-refractivity contribution is 7.52. The highest BCUT2D eigenvalue weighted by Gasteiger charge is 2.37. The summed E-state index contributed by atoms with van der Waals surface area (Å²) in [7, 11) is -1.21. The van der Waals surface area contributed by atoms with Gasteiger partial charge < -0.3 is 23.5 Å². The van der Waals surface area contributed by atoms with E-state index < -0.39 is 33.8 Å². The monoisotopic (exact) mass is 473 g/mol. The molecule has 0 heterocycles. The molecule has 1 aromatic carbocycles. The number of nitrogens with one attached hydrogen (secondary N) is 1. The number of ether oxygens (including phenoxy) is 1. The molecule has 0 spiro atoms. The fourth-order valence-electron chi connectivity index (χ4n) is 2.47. The number of rotatable bonds is 11. The van der Waals surface area contributed by atoms with Crippen LogP contribution < -0.4 is 5.32 Å². The molecule has 0 unspecified atom stereocenters. The molecule has 8 nitrogen and oxygen atoms in total. The Hall–Kier alpha value is -1.51. The fraction of sp³-hybridized carbons (Fsp3) is 0.619. The standard InChI is InChI=1S/C21H36NO7PSi/c1-21(2,3)31(7,8)29-14-13-18(20(24)26-4)22-19(23)17-11-9-16(10-12-17)15-30(25,27-5)28-6/h9-12,18H,13-15H2,1-8H3,(H,22,23)/t18-/m0/s1. The summed E-state index contributed by atoms with van der Waals surface area (Å²) in [6.45, 7) is 11.0. The van der Waals surface area contributed by atoms with Crippen LogP contribution in [0, 0.1) is 0 Å². The van der Waals surface area contributed by atoms with Crippen LogP contribution >= 0.6 is 7.60 Å². The summed E-state index contributed by atoms with van der Waals surface area (Å²) >= 11 is 0. The van der Waals surface area contributed by atoms with E-state index in [2.05, 4.69) is 39.2 Å². The number of benzene rings is 1. The topological polar surface area (TPSA) is 100 Å². The smallest absolute Gasteiger partial charge is 0.334 e. The molecule has 176 valence electrons. The molecule has 0 radical (unpaired) electrons. The summed E-state index contributed by atoms with van der Waals surface area (Å²) in [6, 6.07) is 5.73. The van der Waals surface area contributed by atoms with Crippen molar-refractivity contribution < 1.29 is 32.4 Å². The second kappa shape index (κ2) is 11.4. The van der Waals surface area contributed by atoms with Gasteiger partial charge in [-0.3, -0.25) is 9.36 Å². The predicted molar refractivity (Wildman–Crippen MR) is 123 cm³/mol. The summed E-state index contributed by atoms with van der Waals surface area (Å²) in [5.41, 5.74) is 1.07. The molecule has 0 aliphatic carbocycles. The number of methoxy groups -OCH3 is 1. The molecule has 0 saturated heterocycles. The van der Waals surface area contributed by atoms with Gasteiger partial charge in [-0.05, 0) is 35.8 Å². The Morgan fingerprint density at radius 3 is 2.06 bits per heavy atom. The van der Waals surface area contributed by atoms with Gasteiger partial charge in [-0.25, -0.2) is 4.79 Å². The third-order valence-electron chi connectivity index (χ3n) is 5.62. The minimum Gasteiger partial charge on any atom is -0.467 e. The van der Waals surface area contributed by atoms with Crippen molar-refractivity contribution in [1.82, 2.24) is 5.32 Å². The summed E-state index contributed by atoms with van der Waals surface area (Å²) in [5.74, 6) is -0.930. The highest BCUT2D eigenvalue weighted by atomic mass is 31.2.